The van der Waals surface area contributed by atoms with E-state index in [9.17, 15) is 8.78 Å². The molecule has 0 amide bonds. The Balaban J connectivity index is 1.93. The molecular formula is C16H11F2N3. The van der Waals surface area contributed by atoms with Gasteiger partial charge in [-0.15, -0.1) is 0 Å². The Morgan fingerprint density at radius 3 is 2.48 bits per heavy atom. The highest BCUT2D eigenvalue weighted by molar-refractivity contribution is 5.62. The number of hydrogen-bond donors (Lipinski definition) is 1. The van der Waals surface area contributed by atoms with Crippen LogP contribution < -0.4 is 5.32 Å². The van der Waals surface area contributed by atoms with E-state index in [1.165, 1.54) is 18.3 Å². The van der Waals surface area contributed by atoms with Crippen LogP contribution in [0.25, 0.3) is 11.3 Å². The number of para-hydroxylation sites is 1. The van der Waals surface area contributed by atoms with Crippen LogP contribution in [-0.4, -0.2) is 9.97 Å². The molecule has 0 atom stereocenters. The average molecular weight is 283 g/mol. The normalized spacial score (nSPS) is 10.4. The molecule has 5 heteroatoms. The maximum Gasteiger partial charge on any atom is 0.227 e. The van der Waals surface area contributed by atoms with Gasteiger partial charge in [-0.2, -0.15) is 0 Å². The minimum Gasteiger partial charge on any atom is -0.324 e. The van der Waals surface area contributed by atoms with Gasteiger partial charge in [-0.3, -0.25) is 0 Å². The standard InChI is InChI=1S/C16H11F2N3/c17-11-6-7-13(14(18)10-11)15-8-9-19-16(21-15)20-12-4-2-1-3-5-12/h1-10H,(H,19,20,21). The lowest BCUT2D eigenvalue weighted by molar-refractivity contribution is 0.585. The zero-order chi connectivity index (χ0) is 14.7. The minimum atomic E-state index is -0.653. The van der Waals surface area contributed by atoms with E-state index >= 15 is 0 Å². The molecule has 0 aliphatic heterocycles. The molecule has 0 aliphatic carbocycles. The predicted molar refractivity (Wildman–Crippen MR) is 77.1 cm³/mol. The van der Waals surface area contributed by atoms with Gasteiger partial charge in [-0.05, 0) is 30.3 Å². The molecule has 21 heavy (non-hydrogen) atoms. The Bertz CT molecular complexity index is 760. The van der Waals surface area contributed by atoms with Crippen LogP contribution in [0.4, 0.5) is 20.4 Å². The Kier molecular flexibility index (Phi) is 3.55. The fourth-order valence-corrected chi connectivity index (χ4v) is 1.92. The van der Waals surface area contributed by atoms with Crippen molar-refractivity contribution in [3.8, 4) is 11.3 Å². The van der Waals surface area contributed by atoms with E-state index in [1.54, 1.807) is 6.07 Å². The summed E-state index contributed by atoms with van der Waals surface area (Å²) in [4.78, 5) is 8.33. The summed E-state index contributed by atoms with van der Waals surface area (Å²) in [6.45, 7) is 0. The molecule has 1 heterocycles. The summed E-state index contributed by atoms with van der Waals surface area (Å²) < 4.78 is 26.7. The van der Waals surface area contributed by atoms with Crippen LogP contribution in [0.5, 0.6) is 0 Å². The summed E-state index contributed by atoms with van der Waals surface area (Å²) >= 11 is 0. The fraction of sp³-hybridized carbons (Fsp3) is 0. The van der Waals surface area contributed by atoms with Crippen molar-refractivity contribution in [1.29, 1.82) is 0 Å². The highest BCUT2D eigenvalue weighted by Gasteiger charge is 2.09. The molecule has 1 aromatic heterocycles. The Morgan fingerprint density at radius 2 is 1.71 bits per heavy atom. The molecule has 3 nitrogen and oxygen atoms in total. The van der Waals surface area contributed by atoms with Crippen molar-refractivity contribution in [2.24, 2.45) is 0 Å². The van der Waals surface area contributed by atoms with Gasteiger partial charge in [0.2, 0.25) is 5.95 Å². The minimum absolute atomic E-state index is 0.231. The number of halogens is 2. The number of anilines is 2. The van der Waals surface area contributed by atoms with Crippen molar-refractivity contribution in [1.82, 2.24) is 9.97 Å². The molecule has 1 N–H and O–H groups in total. The SMILES string of the molecule is Fc1ccc(-c2ccnc(Nc3ccccc3)n2)c(F)c1. The zero-order valence-electron chi connectivity index (χ0n) is 10.9. The predicted octanol–water partition coefficient (Wildman–Crippen LogP) is 4.17. The number of nitrogens with one attached hydrogen (secondary N) is 1. The lowest BCUT2D eigenvalue weighted by Crippen LogP contribution is -1.98. The van der Waals surface area contributed by atoms with Crippen molar-refractivity contribution >= 4 is 11.6 Å². The Hall–Kier alpha value is -2.82. The molecule has 3 rings (SSSR count). The van der Waals surface area contributed by atoms with E-state index in [2.05, 4.69) is 15.3 Å². The molecule has 0 saturated heterocycles. The molecule has 0 fully saturated rings. The number of hydrogen-bond acceptors (Lipinski definition) is 3. The highest BCUT2D eigenvalue weighted by atomic mass is 19.1. The lowest BCUT2D eigenvalue weighted by atomic mass is 10.1. The van der Waals surface area contributed by atoms with Crippen LogP contribution in [-0.2, 0) is 0 Å². The van der Waals surface area contributed by atoms with Crippen molar-refractivity contribution in [3.05, 3.63) is 72.4 Å². The van der Waals surface area contributed by atoms with Crippen molar-refractivity contribution in [2.75, 3.05) is 5.32 Å². The van der Waals surface area contributed by atoms with Crippen molar-refractivity contribution in [2.45, 2.75) is 0 Å². The summed E-state index contributed by atoms with van der Waals surface area (Å²) in [6, 6.07) is 14.4. The van der Waals surface area contributed by atoms with Gasteiger partial charge < -0.3 is 5.32 Å². The van der Waals surface area contributed by atoms with E-state index in [4.69, 9.17) is 0 Å². The first-order valence-corrected chi connectivity index (χ1v) is 6.33. The second-order valence-electron chi connectivity index (χ2n) is 4.38. The number of nitrogens with zero attached hydrogens (tertiary/aromatic N) is 2. The van der Waals surface area contributed by atoms with E-state index in [0.29, 0.717) is 11.6 Å². The molecular weight excluding hydrogens is 272 g/mol. The van der Waals surface area contributed by atoms with Crippen molar-refractivity contribution < 1.29 is 8.78 Å². The number of rotatable bonds is 3. The highest BCUT2D eigenvalue weighted by Crippen LogP contribution is 2.22. The largest absolute Gasteiger partial charge is 0.324 e. The van der Waals surface area contributed by atoms with Gasteiger partial charge in [0, 0.05) is 23.5 Å². The third kappa shape index (κ3) is 3.02. The van der Waals surface area contributed by atoms with Gasteiger partial charge >= 0.3 is 0 Å². The van der Waals surface area contributed by atoms with Gasteiger partial charge in [0.25, 0.3) is 0 Å². The third-order valence-electron chi connectivity index (χ3n) is 2.89. The topological polar surface area (TPSA) is 37.8 Å². The monoisotopic (exact) mass is 283 g/mol. The number of aromatic nitrogens is 2. The molecule has 2 aromatic carbocycles. The first kappa shape index (κ1) is 13.2. The molecule has 0 unspecified atom stereocenters. The van der Waals surface area contributed by atoms with E-state index in [1.807, 2.05) is 30.3 Å². The fourth-order valence-electron chi connectivity index (χ4n) is 1.92. The quantitative estimate of drug-likeness (QED) is 0.784. The van der Waals surface area contributed by atoms with Crippen LogP contribution in [0.1, 0.15) is 0 Å². The summed E-state index contributed by atoms with van der Waals surface area (Å²) in [5, 5.41) is 3.03. The lowest BCUT2D eigenvalue weighted by Gasteiger charge is -2.07. The molecule has 0 spiro atoms. The van der Waals surface area contributed by atoms with Crippen LogP contribution in [0.2, 0.25) is 0 Å². The molecule has 104 valence electrons. The summed E-state index contributed by atoms with van der Waals surface area (Å²) in [6.07, 6.45) is 1.52. The van der Waals surface area contributed by atoms with Crippen molar-refractivity contribution in [3.63, 3.8) is 0 Å². The maximum atomic E-state index is 13.8. The molecule has 0 saturated carbocycles. The summed E-state index contributed by atoms with van der Waals surface area (Å²) in [5.74, 6) is -0.922. The molecule has 3 aromatic rings. The number of benzene rings is 2. The Morgan fingerprint density at radius 1 is 0.905 bits per heavy atom. The second-order valence-corrected chi connectivity index (χ2v) is 4.38. The van der Waals surface area contributed by atoms with E-state index in [-0.39, 0.29) is 5.56 Å². The van der Waals surface area contributed by atoms with E-state index < -0.39 is 11.6 Å². The van der Waals surface area contributed by atoms with Gasteiger partial charge in [-0.25, -0.2) is 18.7 Å². The second kappa shape index (κ2) is 5.66. The molecule has 0 bridgehead atoms. The van der Waals surface area contributed by atoms with Crippen LogP contribution in [0.15, 0.2) is 60.8 Å². The first-order valence-electron chi connectivity index (χ1n) is 6.33. The smallest absolute Gasteiger partial charge is 0.227 e. The van der Waals surface area contributed by atoms with Crippen LogP contribution in [0, 0.1) is 11.6 Å². The third-order valence-corrected chi connectivity index (χ3v) is 2.89. The Labute approximate surface area is 120 Å². The summed E-state index contributed by atoms with van der Waals surface area (Å²) in [7, 11) is 0. The zero-order valence-corrected chi connectivity index (χ0v) is 10.9. The van der Waals surface area contributed by atoms with Gasteiger partial charge in [0.1, 0.15) is 11.6 Å². The molecule has 0 radical (unpaired) electrons. The van der Waals surface area contributed by atoms with Gasteiger partial charge in [0.15, 0.2) is 0 Å². The average Bonchev–Trinajstić information content (AvgIpc) is 2.48. The summed E-state index contributed by atoms with van der Waals surface area (Å²) in [5.41, 5.74) is 1.45. The van der Waals surface area contributed by atoms with E-state index in [0.717, 1.165) is 11.8 Å². The first-order chi connectivity index (χ1) is 10.2. The maximum absolute atomic E-state index is 13.8. The van der Waals surface area contributed by atoms with Crippen LogP contribution in [0.3, 0.4) is 0 Å². The van der Waals surface area contributed by atoms with Crippen LogP contribution >= 0.6 is 0 Å². The molecule has 0 aliphatic rings. The van der Waals surface area contributed by atoms with Gasteiger partial charge in [0.05, 0.1) is 5.69 Å². The van der Waals surface area contributed by atoms with Gasteiger partial charge in [-0.1, -0.05) is 18.2 Å².